The Balaban J connectivity index is 1.79. The maximum absolute atomic E-state index is 12.3. The van der Waals surface area contributed by atoms with Crippen LogP contribution in [-0.4, -0.2) is 10.9 Å². The van der Waals surface area contributed by atoms with Gasteiger partial charge in [0.25, 0.3) is 5.69 Å². The number of nitro benzene ring substituents is 1. The van der Waals surface area contributed by atoms with E-state index >= 15 is 0 Å². The van der Waals surface area contributed by atoms with Gasteiger partial charge in [-0.1, -0.05) is 35.9 Å². The lowest BCUT2D eigenvalue weighted by Gasteiger charge is -2.07. The summed E-state index contributed by atoms with van der Waals surface area (Å²) in [5.41, 5.74) is 1.74. The molecule has 3 aromatic carbocycles. The number of benzene rings is 3. The molecule has 6 nitrogen and oxygen atoms in total. The number of esters is 1. The molecule has 0 radical (unpaired) electrons. The number of halogens is 1. The van der Waals surface area contributed by atoms with Gasteiger partial charge in [0.2, 0.25) is 0 Å². The minimum atomic E-state index is -0.843. The smallest absolute Gasteiger partial charge is 0.350 e. The highest BCUT2D eigenvalue weighted by atomic mass is 35.5. The van der Waals surface area contributed by atoms with Crippen molar-refractivity contribution in [2.75, 3.05) is 0 Å². The zero-order chi connectivity index (χ0) is 19.4. The zero-order valence-corrected chi connectivity index (χ0v) is 14.5. The van der Waals surface area contributed by atoms with Crippen molar-refractivity contribution >= 4 is 23.3 Å². The average molecular weight is 379 g/mol. The van der Waals surface area contributed by atoms with Crippen LogP contribution in [-0.2, 0) is 0 Å². The van der Waals surface area contributed by atoms with Crippen molar-refractivity contribution in [3.8, 4) is 22.9 Å². The third-order valence-corrected chi connectivity index (χ3v) is 4.02. The average Bonchev–Trinajstić information content (AvgIpc) is 2.68. The van der Waals surface area contributed by atoms with E-state index in [1.54, 1.807) is 36.4 Å². The first-order valence-electron chi connectivity index (χ1n) is 7.74. The molecule has 0 aliphatic heterocycles. The Bertz CT molecular complexity index is 1050. The molecule has 0 N–H and O–H groups in total. The second kappa shape index (κ2) is 7.68. The Morgan fingerprint density at radius 1 is 1.00 bits per heavy atom. The second-order valence-corrected chi connectivity index (χ2v) is 5.96. The molecule has 0 aromatic heterocycles. The fraction of sp³-hybridized carbons (Fsp3) is 0. The Labute approximate surface area is 159 Å². The predicted octanol–water partition coefficient (Wildman–Crippen LogP) is 5.01. The first-order chi connectivity index (χ1) is 13.0. The van der Waals surface area contributed by atoms with E-state index in [1.165, 1.54) is 12.1 Å². The van der Waals surface area contributed by atoms with E-state index < -0.39 is 16.6 Å². The Morgan fingerprint density at radius 2 is 1.59 bits per heavy atom. The standard InChI is InChI=1S/C20H11ClN2O4/c21-16-7-10-18(19(11-16)23(25)26)20(24)27-17-8-5-15(6-9-17)14-3-1-13(12-22)2-4-14/h1-11H. The van der Waals surface area contributed by atoms with E-state index in [0.29, 0.717) is 5.56 Å². The van der Waals surface area contributed by atoms with Gasteiger partial charge >= 0.3 is 5.97 Å². The Morgan fingerprint density at radius 3 is 2.15 bits per heavy atom. The maximum Gasteiger partial charge on any atom is 0.350 e. The van der Waals surface area contributed by atoms with Crippen LogP contribution in [0, 0.1) is 21.4 Å². The normalized spacial score (nSPS) is 10.1. The molecule has 0 aliphatic carbocycles. The molecule has 7 heteroatoms. The number of carbonyl (C=O) groups is 1. The van der Waals surface area contributed by atoms with Gasteiger partial charge in [-0.05, 0) is 47.5 Å². The number of hydrogen-bond acceptors (Lipinski definition) is 5. The van der Waals surface area contributed by atoms with Crippen LogP contribution >= 0.6 is 11.6 Å². The lowest BCUT2D eigenvalue weighted by Crippen LogP contribution is -2.11. The van der Waals surface area contributed by atoms with Crippen molar-refractivity contribution in [1.82, 2.24) is 0 Å². The van der Waals surface area contributed by atoms with Gasteiger partial charge in [0.15, 0.2) is 0 Å². The van der Waals surface area contributed by atoms with Gasteiger partial charge in [-0.25, -0.2) is 4.79 Å². The third-order valence-electron chi connectivity index (χ3n) is 3.79. The molecule has 3 aromatic rings. The number of nitriles is 1. The van der Waals surface area contributed by atoms with Gasteiger partial charge < -0.3 is 4.74 Å². The van der Waals surface area contributed by atoms with Crippen LogP contribution in [0.3, 0.4) is 0 Å². The first kappa shape index (κ1) is 18.1. The van der Waals surface area contributed by atoms with Crippen molar-refractivity contribution in [2.24, 2.45) is 0 Å². The van der Waals surface area contributed by atoms with Crippen LogP contribution < -0.4 is 4.74 Å². The number of nitrogens with zero attached hydrogens (tertiary/aromatic N) is 2. The summed E-state index contributed by atoms with van der Waals surface area (Å²) in [6.45, 7) is 0. The molecule has 0 saturated heterocycles. The van der Waals surface area contributed by atoms with Gasteiger partial charge in [0.05, 0.1) is 16.6 Å². The van der Waals surface area contributed by atoms with E-state index in [0.717, 1.165) is 17.2 Å². The van der Waals surface area contributed by atoms with Crippen molar-refractivity contribution in [3.63, 3.8) is 0 Å². The Hall–Kier alpha value is -3.69. The lowest BCUT2D eigenvalue weighted by atomic mass is 10.0. The first-order valence-corrected chi connectivity index (χ1v) is 8.12. The number of hydrogen-bond donors (Lipinski definition) is 0. The van der Waals surface area contributed by atoms with Crippen molar-refractivity contribution in [2.45, 2.75) is 0 Å². The van der Waals surface area contributed by atoms with Gasteiger partial charge in [-0.3, -0.25) is 10.1 Å². The van der Waals surface area contributed by atoms with E-state index in [4.69, 9.17) is 21.6 Å². The van der Waals surface area contributed by atoms with E-state index in [9.17, 15) is 14.9 Å². The van der Waals surface area contributed by atoms with Crippen LogP contribution in [0.2, 0.25) is 5.02 Å². The van der Waals surface area contributed by atoms with Crippen LogP contribution in [0.25, 0.3) is 11.1 Å². The maximum atomic E-state index is 12.3. The molecule has 0 atom stereocenters. The van der Waals surface area contributed by atoms with E-state index in [2.05, 4.69) is 6.07 Å². The molecule has 0 saturated carbocycles. The highest BCUT2D eigenvalue weighted by Gasteiger charge is 2.22. The van der Waals surface area contributed by atoms with Crippen LogP contribution in [0.4, 0.5) is 5.69 Å². The fourth-order valence-electron chi connectivity index (χ4n) is 2.44. The molecule has 0 amide bonds. The number of ether oxygens (including phenoxy) is 1. The van der Waals surface area contributed by atoms with Crippen molar-refractivity contribution in [1.29, 1.82) is 5.26 Å². The molecule has 0 unspecified atom stereocenters. The number of rotatable bonds is 4. The Kier molecular flexibility index (Phi) is 5.15. The lowest BCUT2D eigenvalue weighted by molar-refractivity contribution is -0.385. The molecule has 0 spiro atoms. The summed E-state index contributed by atoms with van der Waals surface area (Å²) >= 11 is 5.75. The number of nitro groups is 1. The summed E-state index contributed by atoms with van der Waals surface area (Å²) in [4.78, 5) is 22.7. The molecule has 0 heterocycles. The quantitative estimate of drug-likeness (QED) is 0.275. The fourth-order valence-corrected chi connectivity index (χ4v) is 2.61. The molecule has 0 bridgehead atoms. The van der Waals surface area contributed by atoms with Crippen molar-refractivity contribution in [3.05, 3.63) is 93.0 Å². The molecule has 3 rings (SSSR count). The minimum absolute atomic E-state index is 0.157. The van der Waals surface area contributed by atoms with Gasteiger partial charge in [-0.2, -0.15) is 5.26 Å². The number of carbonyl (C=O) groups excluding carboxylic acids is 1. The van der Waals surface area contributed by atoms with Crippen LogP contribution in [0.15, 0.2) is 66.7 Å². The highest BCUT2D eigenvalue weighted by Crippen LogP contribution is 2.26. The third kappa shape index (κ3) is 4.11. The summed E-state index contributed by atoms with van der Waals surface area (Å²) < 4.78 is 5.23. The molecule has 0 aliphatic rings. The summed E-state index contributed by atoms with van der Waals surface area (Å²) in [6, 6.07) is 19.5. The monoisotopic (exact) mass is 378 g/mol. The van der Waals surface area contributed by atoms with Crippen LogP contribution in [0.5, 0.6) is 5.75 Å². The van der Waals surface area contributed by atoms with Crippen LogP contribution in [0.1, 0.15) is 15.9 Å². The summed E-state index contributed by atoms with van der Waals surface area (Å²) in [5.74, 6) is -0.592. The molecular weight excluding hydrogens is 368 g/mol. The van der Waals surface area contributed by atoms with Gasteiger partial charge in [-0.15, -0.1) is 0 Å². The van der Waals surface area contributed by atoms with Gasteiger partial charge in [0.1, 0.15) is 11.3 Å². The zero-order valence-electron chi connectivity index (χ0n) is 13.8. The topological polar surface area (TPSA) is 93.2 Å². The molecule has 132 valence electrons. The molecular formula is C20H11ClN2O4. The van der Waals surface area contributed by atoms with E-state index in [-0.39, 0.29) is 16.3 Å². The predicted molar refractivity (Wildman–Crippen MR) is 99.7 cm³/mol. The summed E-state index contributed by atoms with van der Waals surface area (Å²) in [7, 11) is 0. The molecule has 0 fully saturated rings. The van der Waals surface area contributed by atoms with E-state index in [1.807, 2.05) is 12.1 Å². The SMILES string of the molecule is N#Cc1ccc(-c2ccc(OC(=O)c3ccc(Cl)cc3[N+](=O)[O-])cc2)cc1. The van der Waals surface area contributed by atoms with Gasteiger partial charge in [0, 0.05) is 11.1 Å². The minimum Gasteiger partial charge on any atom is -0.423 e. The second-order valence-electron chi connectivity index (χ2n) is 5.52. The summed E-state index contributed by atoms with van der Waals surface area (Å²) in [5, 5.41) is 20.1. The largest absolute Gasteiger partial charge is 0.423 e. The molecule has 27 heavy (non-hydrogen) atoms. The highest BCUT2D eigenvalue weighted by molar-refractivity contribution is 6.31. The van der Waals surface area contributed by atoms with Crippen molar-refractivity contribution < 1.29 is 14.5 Å². The summed E-state index contributed by atoms with van der Waals surface area (Å²) in [6.07, 6.45) is 0.